The minimum Gasteiger partial charge on any atom is -0.506 e. The van der Waals surface area contributed by atoms with Gasteiger partial charge in [0.05, 0.1) is 30.1 Å². The Labute approximate surface area is 167 Å². The SMILES string of the molecule is CCOC(=O)c1cn2c(cc1=O)-c1c3cccc(O)c3nn1C1CCC(C)(C)C12. The average Bonchev–Trinajstić information content (AvgIpc) is 3.21. The number of carbonyl (C=O) groups excluding carboxylic acids is 1. The zero-order chi connectivity index (χ0) is 20.5. The summed E-state index contributed by atoms with van der Waals surface area (Å²) < 4.78 is 9.14. The molecule has 0 spiro atoms. The Morgan fingerprint density at radius 3 is 2.93 bits per heavy atom. The minimum absolute atomic E-state index is 0.0373. The predicted molar refractivity (Wildman–Crippen MR) is 108 cm³/mol. The van der Waals surface area contributed by atoms with Crippen LogP contribution in [0.2, 0.25) is 0 Å². The smallest absolute Gasteiger partial charge is 0.343 e. The molecule has 0 saturated heterocycles. The normalized spacial score (nSPS) is 21.5. The van der Waals surface area contributed by atoms with Crippen LogP contribution in [0.5, 0.6) is 5.75 Å². The van der Waals surface area contributed by atoms with Gasteiger partial charge in [0.25, 0.3) is 0 Å². The summed E-state index contributed by atoms with van der Waals surface area (Å²) in [6.07, 6.45) is 3.58. The second-order valence-electron chi connectivity index (χ2n) is 8.57. The molecule has 1 N–H and O–H groups in total. The molecule has 2 atom stereocenters. The number of carbonyl (C=O) groups is 1. The summed E-state index contributed by atoms with van der Waals surface area (Å²) in [5.41, 5.74) is 1.69. The van der Waals surface area contributed by atoms with Crippen molar-refractivity contribution in [2.75, 3.05) is 6.61 Å². The Hall–Kier alpha value is -3.09. The molecular formula is C22H23N3O4. The molecule has 1 saturated carbocycles. The molecule has 2 unspecified atom stereocenters. The van der Waals surface area contributed by atoms with Crippen LogP contribution in [0, 0.1) is 5.41 Å². The molecule has 0 radical (unpaired) electrons. The average molecular weight is 393 g/mol. The standard InChI is InChI=1S/C22H23N3O4/c1-4-29-21(28)13-11-24-15(10-17(13)27)19-12-6-5-7-16(26)18(12)23-25(19)14-8-9-22(2,3)20(14)24/h5-7,10-11,14,20,26H,4,8-9H2,1-3H3. The Kier molecular flexibility index (Phi) is 3.69. The molecule has 150 valence electrons. The van der Waals surface area contributed by atoms with Crippen LogP contribution in [0.3, 0.4) is 0 Å². The van der Waals surface area contributed by atoms with Gasteiger partial charge in [0, 0.05) is 17.6 Å². The van der Waals surface area contributed by atoms with E-state index in [1.165, 1.54) is 6.07 Å². The Bertz CT molecular complexity index is 1220. The number of aromatic nitrogens is 3. The zero-order valence-electron chi connectivity index (χ0n) is 16.7. The molecule has 3 aromatic rings. The van der Waals surface area contributed by atoms with Crippen molar-refractivity contribution < 1.29 is 14.6 Å². The van der Waals surface area contributed by atoms with Crippen LogP contribution >= 0.6 is 0 Å². The third-order valence-corrected chi connectivity index (χ3v) is 6.39. The number of rotatable bonds is 2. The highest BCUT2D eigenvalue weighted by atomic mass is 16.5. The Balaban J connectivity index is 1.85. The summed E-state index contributed by atoms with van der Waals surface area (Å²) in [5.74, 6) is -0.475. The molecule has 1 aliphatic heterocycles. The number of phenols is 1. The van der Waals surface area contributed by atoms with Crippen LogP contribution in [0.25, 0.3) is 22.3 Å². The maximum absolute atomic E-state index is 12.8. The van der Waals surface area contributed by atoms with Gasteiger partial charge in [-0.2, -0.15) is 5.10 Å². The van der Waals surface area contributed by atoms with E-state index in [4.69, 9.17) is 9.84 Å². The molecule has 5 rings (SSSR count). The molecule has 7 nitrogen and oxygen atoms in total. The van der Waals surface area contributed by atoms with Crippen molar-refractivity contribution in [2.45, 2.75) is 45.7 Å². The number of ether oxygens (including phenoxy) is 1. The first kappa shape index (κ1) is 18.0. The van der Waals surface area contributed by atoms with E-state index in [9.17, 15) is 14.7 Å². The van der Waals surface area contributed by atoms with Crippen molar-refractivity contribution in [1.82, 2.24) is 14.3 Å². The molecule has 2 aromatic heterocycles. The van der Waals surface area contributed by atoms with E-state index in [0.29, 0.717) is 11.2 Å². The highest BCUT2D eigenvalue weighted by molar-refractivity contribution is 5.96. The third-order valence-electron chi connectivity index (χ3n) is 6.39. The highest BCUT2D eigenvalue weighted by Crippen LogP contribution is 2.56. The summed E-state index contributed by atoms with van der Waals surface area (Å²) in [5, 5.41) is 15.9. The van der Waals surface area contributed by atoms with E-state index in [2.05, 4.69) is 18.4 Å². The van der Waals surface area contributed by atoms with Gasteiger partial charge in [-0.05, 0) is 31.2 Å². The monoisotopic (exact) mass is 393 g/mol. The molecule has 1 aromatic carbocycles. The van der Waals surface area contributed by atoms with Crippen molar-refractivity contribution in [3.63, 3.8) is 0 Å². The molecule has 0 bridgehead atoms. The van der Waals surface area contributed by atoms with E-state index < -0.39 is 5.97 Å². The highest BCUT2D eigenvalue weighted by Gasteiger charge is 2.48. The molecule has 3 heterocycles. The third kappa shape index (κ3) is 2.39. The van der Waals surface area contributed by atoms with Gasteiger partial charge in [0.1, 0.15) is 16.8 Å². The fourth-order valence-electron chi connectivity index (χ4n) is 5.10. The lowest BCUT2D eigenvalue weighted by atomic mass is 9.84. The number of pyridine rings is 1. The fraction of sp³-hybridized carbons (Fsp3) is 0.409. The van der Waals surface area contributed by atoms with Crippen molar-refractivity contribution in [2.24, 2.45) is 5.41 Å². The van der Waals surface area contributed by atoms with Gasteiger partial charge in [0.2, 0.25) is 0 Å². The summed E-state index contributed by atoms with van der Waals surface area (Å²) in [6, 6.07) is 6.93. The lowest BCUT2D eigenvalue weighted by Crippen LogP contribution is -2.35. The zero-order valence-corrected chi connectivity index (χ0v) is 16.7. The first-order valence-electron chi connectivity index (χ1n) is 9.97. The van der Waals surface area contributed by atoms with Gasteiger partial charge >= 0.3 is 5.97 Å². The summed E-state index contributed by atoms with van der Waals surface area (Å²) in [6.45, 7) is 6.35. The van der Waals surface area contributed by atoms with E-state index in [1.807, 2.05) is 10.7 Å². The van der Waals surface area contributed by atoms with Gasteiger partial charge in [-0.1, -0.05) is 26.0 Å². The lowest BCUT2D eigenvalue weighted by molar-refractivity contribution is 0.0522. The van der Waals surface area contributed by atoms with Crippen LogP contribution in [0.15, 0.2) is 35.3 Å². The number of fused-ring (bicyclic) bond motifs is 8. The van der Waals surface area contributed by atoms with E-state index >= 15 is 0 Å². The number of hydrogen-bond donors (Lipinski definition) is 1. The van der Waals surface area contributed by atoms with Gasteiger partial charge in [0.15, 0.2) is 5.43 Å². The molecule has 2 aliphatic rings. The van der Waals surface area contributed by atoms with Gasteiger partial charge < -0.3 is 14.4 Å². The molecule has 7 heteroatoms. The largest absolute Gasteiger partial charge is 0.506 e. The van der Waals surface area contributed by atoms with Crippen LogP contribution in [0.1, 0.15) is 56.1 Å². The maximum Gasteiger partial charge on any atom is 0.343 e. The number of phenolic OH excluding ortho intramolecular Hbond substituents is 1. The van der Waals surface area contributed by atoms with Gasteiger partial charge in [-0.3, -0.25) is 9.48 Å². The first-order valence-corrected chi connectivity index (χ1v) is 9.97. The second kappa shape index (κ2) is 5.95. The Morgan fingerprint density at radius 1 is 1.38 bits per heavy atom. The van der Waals surface area contributed by atoms with Crippen molar-refractivity contribution in [3.05, 3.63) is 46.2 Å². The molecule has 1 aliphatic carbocycles. The summed E-state index contributed by atoms with van der Waals surface area (Å²) in [7, 11) is 0. The summed E-state index contributed by atoms with van der Waals surface area (Å²) >= 11 is 0. The van der Waals surface area contributed by atoms with Gasteiger partial charge in [-0.25, -0.2) is 4.79 Å². The number of esters is 1. The topological polar surface area (TPSA) is 86.3 Å². The van der Waals surface area contributed by atoms with Crippen molar-refractivity contribution >= 4 is 16.9 Å². The van der Waals surface area contributed by atoms with Crippen molar-refractivity contribution in [3.8, 4) is 17.1 Å². The predicted octanol–water partition coefficient (Wildman–Crippen LogP) is 3.66. The molecule has 0 amide bonds. The molecule has 29 heavy (non-hydrogen) atoms. The van der Waals surface area contributed by atoms with E-state index in [1.54, 1.807) is 25.3 Å². The number of benzene rings is 1. The number of aromatic hydroxyl groups is 1. The van der Waals surface area contributed by atoms with Crippen LogP contribution in [-0.2, 0) is 4.74 Å². The second-order valence-corrected chi connectivity index (χ2v) is 8.57. The minimum atomic E-state index is -0.596. The van der Waals surface area contributed by atoms with E-state index in [0.717, 1.165) is 23.9 Å². The summed E-state index contributed by atoms with van der Waals surface area (Å²) in [4.78, 5) is 25.2. The van der Waals surface area contributed by atoms with Crippen molar-refractivity contribution in [1.29, 1.82) is 0 Å². The maximum atomic E-state index is 12.8. The van der Waals surface area contributed by atoms with Crippen LogP contribution in [0.4, 0.5) is 0 Å². The lowest BCUT2D eigenvalue weighted by Gasteiger charge is -2.39. The van der Waals surface area contributed by atoms with Crippen LogP contribution in [-0.4, -0.2) is 32.0 Å². The molecule has 1 fully saturated rings. The molecular weight excluding hydrogens is 370 g/mol. The number of hydrogen-bond acceptors (Lipinski definition) is 5. The van der Waals surface area contributed by atoms with Crippen LogP contribution < -0.4 is 5.43 Å². The van der Waals surface area contributed by atoms with E-state index in [-0.39, 0.29) is 40.8 Å². The van der Waals surface area contributed by atoms with Gasteiger partial charge in [-0.15, -0.1) is 0 Å². The fourth-order valence-corrected chi connectivity index (χ4v) is 5.10. The Morgan fingerprint density at radius 2 is 2.17 bits per heavy atom. The first-order chi connectivity index (χ1) is 13.8. The number of nitrogens with zero attached hydrogens (tertiary/aromatic N) is 3. The quantitative estimate of drug-likeness (QED) is 0.672.